The maximum Gasteiger partial charge on any atom is 0.239 e. The van der Waals surface area contributed by atoms with Gasteiger partial charge in [0.05, 0.1) is 10.7 Å². The quantitative estimate of drug-likeness (QED) is 0.794. The van der Waals surface area contributed by atoms with Gasteiger partial charge in [0.2, 0.25) is 11.8 Å². The monoisotopic (exact) mass is 365 g/mol. The number of hydrogen-bond acceptors (Lipinski definition) is 3. The summed E-state index contributed by atoms with van der Waals surface area (Å²) >= 11 is 11.9. The zero-order chi connectivity index (χ0) is 17.7. The minimum Gasteiger partial charge on any atom is -0.351 e. The third kappa shape index (κ3) is 4.46. The van der Waals surface area contributed by atoms with Crippen molar-refractivity contribution in [3.05, 3.63) is 58.3 Å². The predicted octanol–water partition coefficient (Wildman–Crippen LogP) is 3.67. The van der Waals surface area contributed by atoms with Crippen LogP contribution in [0.1, 0.15) is 19.4 Å². The Kier molecular flexibility index (Phi) is 5.80. The van der Waals surface area contributed by atoms with E-state index in [9.17, 15) is 9.59 Å². The average molecular weight is 366 g/mol. The van der Waals surface area contributed by atoms with Gasteiger partial charge in [-0.1, -0.05) is 23.2 Å². The lowest BCUT2D eigenvalue weighted by atomic mass is 9.91. The SMILES string of the molecule is CC(C)(C(=O)NCc1ccncc1)C(=O)Nc1cc(Cl)ccc1Cl. The Morgan fingerprint density at radius 3 is 2.42 bits per heavy atom. The van der Waals surface area contributed by atoms with E-state index < -0.39 is 17.2 Å². The molecule has 0 unspecified atom stereocenters. The molecule has 0 atom stereocenters. The van der Waals surface area contributed by atoms with Crippen molar-refractivity contribution in [3.63, 3.8) is 0 Å². The van der Waals surface area contributed by atoms with E-state index in [1.54, 1.807) is 50.5 Å². The summed E-state index contributed by atoms with van der Waals surface area (Å²) < 4.78 is 0. The number of carbonyl (C=O) groups is 2. The van der Waals surface area contributed by atoms with Crippen LogP contribution < -0.4 is 10.6 Å². The summed E-state index contributed by atoms with van der Waals surface area (Å²) in [7, 11) is 0. The number of nitrogens with one attached hydrogen (secondary N) is 2. The minimum absolute atomic E-state index is 0.315. The standard InChI is InChI=1S/C17H17Cl2N3O2/c1-17(2,15(23)21-10-11-5-7-20-8-6-11)16(24)22-14-9-12(18)3-4-13(14)19/h3-9H,10H2,1-2H3,(H,21,23)(H,22,24). The molecule has 0 saturated carbocycles. The number of benzene rings is 1. The number of carbonyl (C=O) groups excluding carboxylic acids is 2. The molecule has 1 heterocycles. The first-order valence-corrected chi connectivity index (χ1v) is 8.00. The first kappa shape index (κ1) is 18.2. The van der Waals surface area contributed by atoms with Crippen LogP contribution in [0.2, 0.25) is 10.0 Å². The van der Waals surface area contributed by atoms with Crippen LogP contribution in [0.15, 0.2) is 42.7 Å². The highest BCUT2D eigenvalue weighted by atomic mass is 35.5. The molecule has 7 heteroatoms. The molecule has 2 rings (SSSR count). The number of nitrogens with zero attached hydrogens (tertiary/aromatic N) is 1. The molecule has 2 aromatic rings. The number of rotatable bonds is 5. The molecule has 2 amide bonds. The van der Waals surface area contributed by atoms with Gasteiger partial charge in [0, 0.05) is 24.0 Å². The third-order valence-electron chi connectivity index (χ3n) is 3.51. The van der Waals surface area contributed by atoms with Crippen molar-refractivity contribution in [1.82, 2.24) is 10.3 Å². The highest BCUT2D eigenvalue weighted by Crippen LogP contribution is 2.27. The summed E-state index contributed by atoms with van der Waals surface area (Å²) in [5.41, 5.74) is -0.0183. The van der Waals surface area contributed by atoms with Crippen LogP contribution in [-0.4, -0.2) is 16.8 Å². The van der Waals surface area contributed by atoms with Crippen LogP contribution in [0.4, 0.5) is 5.69 Å². The van der Waals surface area contributed by atoms with Crippen molar-refractivity contribution in [2.75, 3.05) is 5.32 Å². The molecule has 24 heavy (non-hydrogen) atoms. The molecular weight excluding hydrogens is 349 g/mol. The van der Waals surface area contributed by atoms with Crippen molar-refractivity contribution in [2.24, 2.45) is 5.41 Å². The minimum atomic E-state index is -1.28. The van der Waals surface area contributed by atoms with E-state index in [1.165, 1.54) is 6.07 Å². The van der Waals surface area contributed by atoms with Crippen molar-refractivity contribution in [3.8, 4) is 0 Å². The molecule has 1 aromatic heterocycles. The van der Waals surface area contributed by atoms with Gasteiger partial charge in [0.15, 0.2) is 0 Å². The lowest BCUT2D eigenvalue weighted by Gasteiger charge is -2.23. The second-order valence-corrected chi connectivity index (χ2v) is 6.59. The smallest absolute Gasteiger partial charge is 0.239 e. The lowest BCUT2D eigenvalue weighted by molar-refractivity contribution is -0.138. The highest BCUT2D eigenvalue weighted by Gasteiger charge is 2.36. The fourth-order valence-electron chi connectivity index (χ4n) is 1.88. The van der Waals surface area contributed by atoms with E-state index in [2.05, 4.69) is 15.6 Å². The summed E-state index contributed by atoms with van der Waals surface area (Å²) in [5.74, 6) is -0.867. The first-order valence-electron chi connectivity index (χ1n) is 7.24. The number of hydrogen-bond donors (Lipinski definition) is 2. The van der Waals surface area contributed by atoms with E-state index in [-0.39, 0.29) is 0 Å². The third-order valence-corrected chi connectivity index (χ3v) is 4.08. The number of anilines is 1. The molecule has 0 fully saturated rings. The molecule has 1 aromatic carbocycles. The fraction of sp³-hybridized carbons (Fsp3) is 0.235. The van der Waals surface area contributed by atoms with E-state index in [4.69, 9.17) is 23.2 Å². The van der Waals surface area contributed by atoms with Crippen LogP contribution in [0.3, 0.4) is 0 Å². The van der Waals surface area contributed by atoms with Gasteiger partial charge in [0.25, 0.3) is 0 Å². The van der Waals surface area contributed by atoms with E-state index >= 15 is 0 Å². The average Bonchev–Trinajstić information content (AvgIpc) is 2.56. The largest absolute Gasteiger partial charge is 0.351 e. The van der Waals surface area contributed by atoms with Gasteiger partial charge in [-0.05, 0) is 49.7 Å². The van der Waals surface area contributed by atoms with Gasteiger partial charge in [-0.2, -0.15) is 0 Å². The lowest BCUT2D eigenvalue weighted by Crippen LogP contribution is -2.44. The summed E-state index contributed by atoms with van der Waals surface area (Å²) in [5, 5.41) is 6.18. The molecule has 0 aliphatic heterocycles. The number of amides is 2. The normalized spacial score (nSPS) is 11.0. The maximum atomic E-state index is 12.5. The van der Waals surface area contributed by atoms with Crippen molar-refractivity contribution in [2.45, 2.75) is 20.4 Å². The zero-order valence-corrected chi connectivity index (χ0v) is 14.8. The van der Waals surface area contributed by atoms with Crippen LogP contribution >= 0.6 is 23.2 Å². The molecule has 5 nitrogen and oxygen atoms in total. The second-order valence-electron chi connectivity index (χ2n) is 5.74. The van der Waals surface area contributed by atoms with E-state index in [1.807, 2.05) is 0 Å². The Morgan fingerprint density at radius 1 is 1.08 bits per heavy atom. The number of pyridine rings is 1. The van der Waals surface area contributed by atoms with Gasteiger partial charge in [-0.25, -0.2) is 0 Å². The van der Waals surface area contributed by atoms with Gasteiger partial charge >= 0.3 is 0 Å². The van der Waals surface area contributed by atoms with E-state index in [0.29, 0.717) is 22.3 Å². The Balaban J connectivity index is 2.03. The summed E-state index contributed by atoms with van der Waals surface area (Å²) in [6.45, 7) is 3.40. The number of aromatic nitrogens is 1. The summed E-state index contributed by atoms with van der Waals surface area (Å²) in [6.07, 6.45) is 3.28. The van der Waals surface area contributed by atoms with Crippen molar-refractivity contribution >= 4 is 40.7 Å². The molecule has 0 aliphatic carbocycles. The summed E-state index contributed by atoms with van der Waals surface area (Å²) in [6, 6.07) is 8.31. The molecule has 0 aliphatic rings. The maximum absolute atomic E-state index is 12.5. The predicted molar refractivity (Wildman–Crippen MR) is 95.0 cm³/mol. The highest BCUT2D eigenvalue weighted by molar-refractivity contribution is 6.35. The molecule has 0 saturated heterocycles. The Bertz CT molecular complexity index is 749. The zero-order valence-electron chi connectivity index (χ0n) is 13.3. The van der Waals surface area contributed by atoms with E-state index in [0.717, 1.165) is 5.56 Å². The van der Waals surface area contributed by atoms with Gasteiger partial charge in [-0.3, -0.25) is 14.6 Å². The Hall–Kier alpha value is -2.11. The van der Waals surface area contributed by atoms with Crippen molar-refractivity contribution < 1.29 is 9.59 Å². The molecule has 126 valence electrons. The number of halogens is 2. The van der Waals surface area contributed by atoms with Crippen LogP contribution in [0.5, 0.6) is 0 Å². The molecule has 0 radical (unpaired) electrons. The first-order chi connectivity index (χ1) is 11.3. The van der Waals surface area contributed by atoms with Gasteiger partial charge in [0.1, 0.15) is 5.41 Å². The second kappa shape index (κ2) is 7.64. The van der Waals surface area contributed by atoms with Crippen LogP contribution in [0, 0.1) is 5.41 Å². The van der Waals surface area contributed by atoms with Crippen molar-refractivity contribution in [1.29, 1.82) is 0 Å². The van der Waals surface area contributed by atoms with Crippen LogP contribution in [-0.2, 0) is 16.1 Å². The van der Waals surface area contributed by atoms with Crippen LogP contribution in [0.25, 0.3) is 0 Å². The van der Waals surface area contributed by atoms with Gasteiger partial charge in [-0.15, -0.1) is 0 Å². The summed E-state index contributed by atoms with van der Waals surface area (Å²) in [4.78, 5) is 28.8. The topological polar surface area (TPSA) is 71.1 Å². The molecular formula is C17H17Cl2N3O2. The molecule has 0 spiro atoms. The Labute approximate surface area is 150 Å². The molecule has 0 bridgehead atoms. The fourth-order valence-corrected chi connectivity index (χ4v) is 2.22. The van der Waals surface area contributed by atoms with Gasteiger partial charge < -0.3 is 10.6 Å². The Morgan fingerprint density at radius 2 is 1.75 bits per heavy atom. The molecule has 2 N–H and O–H groups in total.